The van der Waals surface area contributed by atoms with Crippen LogP contribution in [0.2, 0.25) is 0 Å². The van der Waals surface area contributed by atoms with Crippen molar-refractivity contribution in [2.45, 2.75) is 46.0 Å². The molecule has 0 spiro atoms. The van der Waals surface area contributed by atoms with Gasteiger partial charge in [0.1, 0.15) is 0 Å². The van der Waals surface area contributed by atoms with Crippen LogP contribution in [0.5, 0.6) is 0 Å². The Balaban J connectivity index is 0.000000621. The minimum atomic E-state index is 1.23. The summed E-state index contributed by atoms with van der Waals surface area (Å²) in [6.45, 7) is 15.7. The van der Waals surface area contributed by atoms with Gasteiger partial charge in [0, 0.05) is 40.3 Å². The Bertz CT molecular complexity index is 208. The molecular weight excluding hydrogens is 246 g/mol. The average molecular weight is 284 g/mol. The Morgan fingerprint density at radius 2 is 1.40 bits per heavy atom. The minimum Gasteiger partial charge on any atom is -0.384 e. The van der Waals surface area contributed by atoms with Gasteiger partial charge in [0.05, 0.1) is 0 Å². The van der Waals surface area contributed by atoms with Gasteiger partial charge in [-0.1, -0.05) is 46.1 Å². The summed E-state index contributed by atoms with van der Waals surface area (Å²) in [6, 6.07) is 0. The van der Waals surface area contributed by atoms with Crippen LogP contribution in [-0.2, 0) is 0 Å². The van der Waals surface area contributed by atoms with Crippen molar-refractivity contribution in [3.05, 3.63) is 12.8 Å². The van der Waals surface area contributed by atoms with Crippen LogP contribution in [0, 0.1) is 0 Å². The van der Waals surface area contributed by atoms with E-state index in [4.69, 9.17) is 0 Å². The molecule has 0 aromatic rings. The van der Waals surface area contributed by atoms with Crippen LogP contribution in [0.15, 0.2) is 12.8 Å². The van der Waals surface area contributed by atoms with E-state index in [0.717, 1.165) is 0 Å². The lowest BCUT2D eigenvalue weighted by atomic mass is 10.1. The third kappa shape index (κ3) is 11.3. The second-order valence-corrected chi connectivity index (χ2v) is 5.84. The summed E-state index contributed by atoms with van der Waals surface area (Å²) in [5.41, 5.74) is 0. The van der Waals surface area contributed by atoms with Gasteiger partial charge in [0.25, 0.3) is 0 Å². The molecule has 1 saturated heterocycles. The summed E-state index contributed by atoms with van der Waals surface area (Å²) < 4.78 is 0. The topological polar surface area (TPSA) is 9.72 Å². The summed E-state index contributed by atoms with van der Waals surface area (Å²) in [5, 5.41) is 0. The Morgan fingerprint density at radius 3 is 1.85 bits per heavy atom. The average Bonchev–Trinajstić information content (AvgIpc) is 2.48. The van der Waals surface area contributed by atoms with E-state index in [1.54, 1.807) is 6.20 Å². The molecule has 0 aromatic heterocycles. The molecular formula is C17H37N3. The van der Waals surface area contributed by atoms with Crippen LogP contribution >= 0.6 is 0 Å². The third-order valence-corrected chi connectivity index (χ3v) is 3.86. The molecule has 0 bridgehead atoms. The van der Waals surface area contributed by atoms with Crippen molar-refractivity contribution in [1.29, 1.82) is 0 Å². The largest absolute Gasteiger partial charge is 0.384 e. The van der Waals surface area contributed by atoms with Crippen LogP contribution < -0.4 is 0 Å². The maximum Gasteiger partial charge on any atom is 0.0110 e. The van der Waals surface area contributed by atoms with Crippen molar-refractivity contribution in [1.82, 2.24) is 14.7 Å². The van der Waals surface area contributed by atoms with Crippen LogP contribution in [0.4, 0.5) is 0 Å². The highest BCUT2D eigenvalue weighted by atomic mass is 15.3. The van der Waals surface area contributed by atoms with Gasteiger partial charge in [-0.15, -0.1) is 0 Å². The normalized spacial score (nSPS) is 16.4. The lowest BCUT2D eigenvalue weighted by molar-refractivity contribution is 0.135. The van der Waals surface area contributed by atoms with Gasteiger partial charge in [-0.3, -0.25) is 0 Å². The first-order valence-corrected chi connectivity index (χ1v) is 8.37. The van der Waals surface area contributed by atoms with Crippen molar-refractivity contribution in [2.75, 3.05) is 53.4 Å². The number of hydrogen-bond acceptors (Lipinski definition) is 3. The molecule has 0 atom stereocenters. The van der Waals surface area contributed by atoms with Gasteiger partial charge in [-0.05, 0) is 25.7 Å². The standard InChI is InChI=1S/C13H28N2.C4H9N/c1-3-5-6-7-8-9-15-12-10-14(4-2)11-13-15;1-4-5(2)3/h3-13H2,1-2H3;4H,1H2,2-3H3. The van der Waals surface area contributed by atoms with Crippen LogP contribution in [0.1, 0.15) is 46.0 Å². The van der Waals surface area contributed by atoms with E-state index >= 15 is 0 Å². The SMILES string of the molecule is C=CN(C)C.CCCCCCCN1CCN(CC)CC1. The molecule has 1 aliphatic heterocycles. The predicted octanol–water partition coefficient (Wildman–Crippen LogP) is 3.29. The summed E-state index contributed by atoms with van der Waals surface area (Å²) in [7, 11) is 3.88. The zero-order chi connectivity index (χ0) is 15.2. The number of unbranched alkanes of at least 4 members (excludes halogenated alkanes) is 4. The maximum absolute atomic E-state index is 3.49. The fourth-order valence-electron chi connectivity index (χ4n) is 2.27. The molecule has 1 heterocycles. The van der Waals surface area contributed by atoms with Crippen molar-refractivity contribution in [3.8, 4) is 0 Å². The van der Waals surface area contributed by atoms with E-state index < -0.39 is 0 Å². The van der Waals surface area contributed by atoms with Crippen molar-refractivity contribution < 1.29 is 0 Å². The number of likely N-dealkylation sites (N-methyl/N-ethyl adjacent to an activating group) is 1. The molecule has 0 unspecified atom stereocenters. The summed E-state index contributed by atoms with van der Waals surface area (Å²) in [4.78, 5) is 7.08. The molecule has 1 aliphatic rings. The van der Waals surface area contributed by atoms with Crippen LogP contribution in [-0.4, -0.2) is 68.1 Å². The Kier molecular flexibility index (Phi) is 13.1. The maximum atomic E-state index is 3.49. The fourth-order valence-corrected chi connectivity index (χ4v) is 2.27. The summed E-state index contributed by atoms with van der Waals surface area (Å²) >= 11 is 0. The minimum absolute atomic E-state index is 1.23. The second-order valence-electron chi connectivity index (χ2n) is 5.84. The zero-order valence-corrected chi connectivity index (χ0v) is 14.4. The van der Waals surface area contributed by atoms with E-state index in [9.17, 15) is 0 Å². The van der Waals surface area contributed by atoms with Crippen molar-refractivity contribution >= 4 is 0 Å². The Morgan fingerprint density at radius 1 is 0.900 bits per heavy atom. The van der Waals surface area contributed by atoms with E-state index in [1.165, 1.54) is 71.4 Å². The monoisotopic (exact) mass is 283 g/mol. The van der Waals surface area contributed by atoms with Gasteiger partial charge in [-0.2, -0.15) is 0 Å². The van der Waals surface area contributed by atoms with Crippen LogP contribution in [0.3, 0.4) is 0 Å². The third-order valence-electron chi connectivity index (χ3n) is 3.86. The Labute approximate surface area is 127 Å². The van der Waals surface area contributed by atoms with Gasteiger partial charge in [0.15, 0.2) is 0 Å². The predicted molar refractivity (Wildman–Crippen MR) is 91.2 cm³/mol. The van der Waals surface area contributed by atoms with Crippen molar-refractivity contribution in [3.63, 3.8) is 0 Å². The van der Waals surface area contributed by atoms with E-state index in [-0.39, 0.29) is 0 Å². The summed E-state index contributed by atoms with van der Waals surface area (Å²) in [5.74, 6) is 0. The zero-order valence-electron chi connectivity index (χ0n) is 14.4. The fraction of sp³-hybridized carbons (Fsp3) is 0.882. The molecule has 0 radical (unpaired) electrons. The number of piperazine rings is 1. The van der Waals surface area contributed by atoms with Gasteiger partial charge >= 0.3 is 0 Å². The highest BCUT2D eigenvalue weighted by molar-refractivity contribution is 4.70. The molecule has 3 nitrogen and oxygen atoms in total. The molecule has 0 aliphatic carbocycles. The highest BCUT2D eigenvalue weighted by Gasteiger charge is 2.14. The van der Waals surface area contributed by atoms with Crippen molar-refractivity contribution in [2.24, 2.45) is 0 Å². The van der Waals surface area contributed by atoms with E-state index in [1.807, 2.05) is 19.0 Å². The molecule has 1 rings (SSSR count). The molecule has 3 heteroatoms. The van der Waals surface area contributed by atoms with Gasteiger partial charge < -0.3 is 14.7 Å². The number of nitrogens with zero attached hydrogens (tertiary/aromatic N) is 3. The molecule has 20 heavy (non-hydrogen) atoms. The van der Waals surface area contributed by atoms with E-state index in [0.29, 0.717) is 0 Å². The van der Waals surface area contributed by atoms with Gasteiger partial charge in [-0.25, -0.2) is 0 Å². The molecule has 1 fully saturated rings. The lowest BCUT2D eigenvalue weighted by Gasteiger charge is -2.33. The Hall–Kier alpha value is -0.540. The second kappa shape index (κ2) is 13.4. The summed E-state index contributed by atoms with van der Waals surface area (Å²) in [6.07, 6.45) is 8.80. The lowest BCUT2D eigenvalue weighted by Crippen LogP contribution is -2.46. The highest BCUT2D eigenvalue weighted by Crippen LogP contribution is 2.06. The smallest absolute Gasteiger partial charge is 0.0110 e. The number of rotatable bonds is 8. The molecule has 0 aromatic carbocycles. The quantitative estimate of drug-likeness (QED) is 0.633. The molecule has 0 saturated carbocycles. The molecule has 120 valence electrons. The van der Waals surface area contributed by atoms with Gasteiger partial charge in [0.2, 0.25) is 0 Å². The molecule has 0 N–H and O–H groups in total. The van der Waals surface area contributed by atoms with E-state index in [2.05, 4.69) is 30.2 Å². The first-order chi connectivity index (χ1) is 9.63. The number of hydrogen-bond donors (Lipinski definition) is 0. The molecule has 0 amide bonds. The van der Waals surface area contributed by atoms with Crippen LogP contribution in [0.25, 0.3) is 0 Å². The first kappa shape index (κ1) is 19.5. The first-order valence-electron chi connectivity index (χ1n) is 8.37.